The van der Waals surface area contributed by atoms with Crippen molar-refractivity contribution in [1.82, 2.24) is 14.6 Å². The highest BCUT2D eigenvalue weighted by atomic mass is 32.2. The van der Waals surface area contributed by atoms with Gasteiger partial charge in [-0.2, -0.15) is 4.31 Å². The molecule has 116 valence electrons. The molecule has 0 aliphatic heterocycles. The number of hydrogen-bond donors (Lipinski definition) is 2. The van der Waals surface area contributed by atoms with Crippen molar-refractivity contribution >= 4 is 10.0 Å². The number of nitrogens with zero attached hydrogens (tertiary/aromatic N) is 1. The third-order valence-electron chi connectivity index (χ3n) is 2.92. The first-order chi connectivity index (χ1) is 9.52. The summed E-state index contributed by atoms with van der Waals surface area (Å²) in [6, 6.07) is 1.68. The topological polar surface area (TPSA) is 74.4 Å². The molecule has 0 atom stereocenters. The fourth-order valence-corrected chi connectivity index (χ4v) is 2.88. The summed E-state index contributed by atoms with van der Waals surface area (Å²) in [5.74, 6) is 0. The van der Waals surface area contributed by atoms with Crippen LogP contribution in [0.15, 0.2) is 17.2 Å². The summed E-state index contributed by atoms with van der Waals surface area (Å²) in [7, 11) is -1.87. The molecule has 0 spiro atoms. The highest BCUT2D eigenvalue weighted by Crippen LogP contribution is 2.15. The molecule has 0 aliphatic carbocycles. The van der Waals surface area contributed by atoms with E-state index in [2.05, 4.69) is 17.2 Å². The SMILES string of the molecule is CCCNCc1cc(S(=O)(=O)N(C)CCOCC)c[nH]1. The number of aromatic amines is 1. The molecule has 0 aromatic carbocycles. The Hall–Kier alpha value is -0.890. The van der Waals surface area contributed by atoms with Crippen LogP contribution >= 0.6 is 0 Å². The van der Waals surface area contributed by atoms with E-state index in [-0.39, 0.29) is 0 Å². The summed E-state index contributed by atoms with van der Waals surface area (Å²) >= 11 is 0. The van der Waals surface area contributed by atoms with Gasteiger partial charge in [0.25, 0.3) is 0 Å². The minimum Gasteiger partial charge on any atom is -0.380 e. The van der Waals surface area contributed by atoms with E-state index in [1.807, 2.05) is 6.92 Å². The van der Waals surface area contributed by atoms with Crippen LogP contribution in [-0.2, 0) is 21.3 Å². The molecule has 1 aromatic rings. The van der Waals surface area contributed by atoms with Crippen LogP contribution in [0.2, 0.25) is 0 Å². The second-order valence-electron chi connectivity index (χ2n) is 4.56. The van der Waals surface area contributed by atoms with Crippen LogP contribution in [0.1, 0.15) is 26.0 Å². The number of aromatic nitrogens is 1. The quantitative estimate of drug-likeness (QED) is 0.636. The summed E-state index contributed by atoms with van der Waals surface area (Å²) in [4.78, 5) is 3.29. The lowest BCUT2D eigenvalue weighted by Crippen LogP contribution is -2.30. The first kappa shape index (κ1) is 17.2. The van der Waals surface area contributed by atoms with Gasteiger partial charge in [0.05, 0.1) is 11.5 Å². The van der Waals surface area contributed by atoms with Crippen molar-refractivity contribution < 1.29 is 13.2 Å². The van der Waals surface area contributed by atoms with E-state index in [4.69, 9.17) is 4.74 Å². The fraction of sp³-hybridized carbons (Fsp3) is 0.692. The van der Waals surface area contributed by atoms with Crippen molar-refractivity contribution in [2.75, 3.05) is 33.4 Å². The number of H-pyrrole nitrogens is 1. The monoisotopic (exact) mass is 303 g/mol. The van der Waals surface area contributed by atoms with E-state index in [1.54, 1.807) is 13.1 Å². The maximum Gasteiger partial charge on any atom is 0.244 e. The van der Waals surface area contributed by atoms with Crippen LogP contribution in [-0.4, -0.2) is 51.1 Å². The maximum absolute atomic E-state index is 12.3. The highest BCUT2D eigenvalue weighted by Gasteiger charge is 2.21. The summed E-state index contributed by atoms with van der Waals surface area (Å²) in [5.41, 5.74) is 0.871. The zero-order valence-electron chi connectivity index (χ0n) is 12.5. The van der Waals surface area contributed by atoms with Crippen LogP contribution in [0.3, 0.4) is 0 Å². The number of hydrogen-bond acceptors (Lipinski definition) is 4. The molecule has 0 fully saturated rings. The molecular formula is C13H25N3O3S. The van der Waals surface area contributed by atoms with Gasteiger partial charge in [0.1, 0.15) is 0 Å². The summed E-state index contributed by atoms with van der Waals surface area (Å²) in [6.07, 6.45) is 2.58. The number of ether oxygens (including phenoxy) is 1. The normalized spacial score (nSPS) is 12.2. The van der Waals surface area contributed by atoms with Gasteiger partial charge in [-0.15, -0.1) is 0 Å². The van der Waals surface area contributed by atoms with Crippen molar-refractivity contribution in [3.63, 3.8) is 0 Å². The van der Waals surface area contributed by atoms with Gasteiger partial charge in [0, 0.05) is 38.6 Å². The van der Waals surface area contributed by atoms with Gasteiger partial charge < -0.3 is 15.0 Å². The molecule has 1 rings (SSSR count). The van der Waals surface area contributed by atoms with Crippen LogP contribution in [0, 0.1) is 0 Å². The molecule has 0 saturated heterocycles. The van der Waals surface area contributed by atoms with Gasteiger partial charge in [-0.1, -0.05) is 6.92 Å². The second kappa shape index (κ2) is 8.41. The lowest BCUT2D eigenvalue weighted by atomic mass is 10.4. The molecule has 2 N–H and O–H groups in total. The standard InChI is InChI=1S/C13H25N3O3S/c1-4-6-14-10-12-9-13(11-15-12)20(17,18)16(3)7-8-19-5-2/h9,11,14-15H,4-8,10H2,1-3H3. The van der Waals surface area contributed by atoms with Crippen molar-refractivity contribution in [3.8, 4) is 0 Å². The first-order valence-electron chi connectivity index (χ1n) is 6.94. The Kier molecular flexibility index (Phi) is 7.22. The van der Waals surface area contributed by atoms with Gasteiger partial charge >= 0.3 is 0 Å². The predicted molar refractivity (Wildman–Crippen MR) is 79.1 cm³/mol. The Morgan fingerprint density at radius 2 is 2.15 bits per heavy atom. The van der Waals surface area contributed by atoms with Crippen molar-refractivity contribution in [2.24, 2.45) is 0 Å². The van der Waals surface area contributed by atoms with Gasteiger partial charge in [-0.3, -0.25) is 0 Å². The smallest absolute Gasteiger partial charge is 0.244 e. The minimum absolute atomic E-state index is 0.296. The maximum atomic E-state index is 12.3. The molecule has 1 aromatic heterocycles. The Labute approximate surface area is 121 Å². The highest BCUT2D eigenvalue weighted by molar-refractivity contribution is 7.89. The van der Waals surface area contributed by atoms with Crippen LogP contribution in [0.25, 0.3) is 0 Å². The molecule has 6 nitrogen and oxygen atoms in total. The Morgan fingerprint density at radius 3 is 2.80 bits per heavy atom. The molecule has 20 heavy (non-hydrogen) atoms. The molecule has 0 aliphatic rings. The summed E-state index contributed by atoms with van der Waals surface area (Å²) < 4.78 is 31.1. The van der Waals surface area contributed by atoms with Crippen molar-refractivity contribution in [3.05, 3.63) is 18.0 Å². The average Bonchev–Trinajstić information content (AvgIpc) is 2.88. The number of sulfonamides is 1. The van der Waals surface area contributed by atoms with Crippen LogP contribution in [0.4, 0.5) is 0 Å². The molecule has 0 unspecified atom stereocenters. The Bertz CT molecular complexity index is 485. The molecule has 0 bridgehead atoms. The van der Waals surface area contributed by atoms with Gasteiger partial charge in [-0.05, 0) is 26.0 Å². The molecule has 1 heterocycles. The molecular weight excluding hydrogens is 278 g/mol. The molecule has 0 amide bonds. The second-order valence-corrected chi connectivity index (χ2v) is 6.61. The minimum atomic E-state index is -3.43. The molecule has 0 radical (unpaired) electrons. The predicted octanol–water partition coefficient (Wildman–Crippen LogP) is 1.17. The van der Waals surface area contributed by atoms with Crippen LogP contribution in [0.5, 0.6) is 0 Å². The fourth-order valence-electron chi connectivity index (χ4n) is 1.71. The van der Waals surface area contributed by atoms with E-state index in [0.29, 0.717) is 31.2 Å². The number of nitrogens with one attached hydrogen (secondary N) is 2. The van der Waals surface area contributed by atoms with E-state index in [9.17, 15) is 8.42 Å². The Morgan fingerprint density at radius 1 is 1.40 bits per heavy atom. The van der Waals surface area contributed by atoms with E-state index in [1.165, 1.54) is 10.5 Å². The lowest BCUT2D eigenvalue weighted by Gasteiger charge is -2.15. The van der Waals surface area contributed by atoms with E-state index in [0.717, 1.165) is 18.7 Å². The van der Waals surface area contributed by atoms with E-state index >= 15 is 0 Å². The Balaban J connectivity index is 2.62. The van der Waals surface area contributed by atoms with Crippen LogP contribution < -0.4 is 5.32 Å². The third-order valence-corrected chi connectivity index (χ3v) is 4.76. The zero-order valence-corrected chi connectivity index (χ0v) is 13.3. The van der Waals surface area contributed by atoms with Gasteiger partial charge in [-0.25, -0.2) is 8.42 Å². The molecule has 7 heteroatoms. The lowest BCUT2D eigenvalue weighted by molar-refractivity contribution is 0.138. The summed E-state index contributed by atoms with van der Waals surface area (Å²) in [6.45, 7) is 6.88. The largest absolute Gasteiger partial charge is 0.380 e. The van der Waals surface area contributed by atoms with Crippen molar-refractivity contribution in [1.29, 1.82) is 0 Å². The molecule has 0 saturated carbocycles. The van der Waals surface area contributed by atoms with E-state index < -0.39 is 10.0 Å². The van der Waals surface area contributed by atoms with Gasteiger partial charge in [0.15, 0.2) is 0 Å². The average molecular weight is 303 g/mol. The zero-order chi connectivity index (χ0) is 15.0. The number of rotatable bonds is 10. The third kappa shape index (κ3) is 4.90. The van der Waals surface area contributed by atoms with Crippen molar-refractivity contribution in [2.45, 2.75) is 31.7 Å². The van der Waals surface area contributed by atoms with Gasteiger partial charge in [0.2, 0.25) is 10.0 Å². The number of likely N-dealkylation sites (N-methyl/N-ethyl adjacent to an activating group) is 1. The first-order valence-corrected chi connectivity index (χ1v) is 8.38. The summed E-state index contributed by atoms with van der Waals surface area (Å²) in [5, 5.41) is 3.23.